The number of carbonyl (C=O) groups excluding carboxylic acids is 1. The predicted octanol–water partition coefficient (Wildman–Crippen LogP) is -0.564. The quantitative estimate of drug-likeness (QED) is 0.0427. The maximum absolute atomic E-state index is 12.7. The molecule has 1 saturated carbocycles. The number of aromatic nitrogens is 3. The molecule has 6 atom stereocenters. The molecule has 3 aliphatic rings. The number of terminal acetylenes is 1. The Balaban J connectivity index is 1.06. The van der Waals surface area contributed by atoms with Gasteiger partial charge in [-0.1, -0.05) is 5.92 Å². The second kappa shape index (κ2) is 16.6. The van der Waals surface area contributed by atoms with Gasteiger partial charge in [-0.05, 0) is 17.7 Å². The lowest BCUT2D eigenvalue weighted by Gasteiger charge is -2.39. The molecule has 1 spiro atoms. The van der Waals surface area contributed by atoms with Crippen molar-refractivity contribution < 1.29 is 67.0 Å². The number of hydrogen-bond acceptors (Lipinski definition) is 14. The number of hydrogen-bond donors (Lipinski definition) is 6. The number of anilines is 1. The first-order chi connectivity index (χ1) is 23.7. The van der Waals surface area contributed by atoms with Crippen LogP contribution in [0.15, 0.2) is 12.3 Å². The monoisotopic (exact) mass is 767 g/mol. The van der Waals surface area contributed by atoms with E-state index in [1.54, 1.807) is 12.3 Å². The standard InChI is InChI=1S/C28H40ClN5O14P2/c1-2-6-43-8-10-45-12-13-46-11-9-44-7-4-30-25(37)18-15-33(16-18)23-19-3-5-34(24(19)32-27(29)31-23)26-21(35)22(36)28(47-26)14-20(28)48-50(41,42)17-49(38,39)40/h1,3,5,18,20-22,26,35-36H,4,6-17H2,(H,30,37)(H,41,42)(H2,38,39,40)/t20?,21-,22+,26-,28?/m1/s1. The number of aliphatic hydroxyl groups excluding tert-OH is 2. The Morgan fingerprint density at radius 3 is 2.34 bits per heavy atom. The van der Waals surface area contributed by atoms with Crippen LogP contribution >= 0.6 is 26.8 Å². The van der Waals surface area contributed by atoms with Crippen LogP contribution < -0.4 is 10.2 Å². The maximum atomic E-state index is 12.7. The van der Waals surface area contributed by atoms with E-state index in [4.69, 9.17) is 56.0 Å². The summed E-state index contributed by atoms with van der Waals surface area (Å²) in [6, 6.07) is 1.66. The molecule has 0 radical (unpaired) electrons. The van der Waals surface area contributed by atoms with E-state index in [0.29, 0.717) is 77.1 Å². The molecule has 3 fully saturated rings. The molecule has 278 valence electrons. The Labute approximate surface area is 291 Å². The molecule has 22 heteroatoms. The topological polar surface area (TPSA) is 254 Å². The number of nitrogens with zero attached hydrogens (tertiary/aromatic N) is 4. The highest BCUT2D eigenvalue weighted by atomic mass is 35.5. The van der Waals surface area contributed by atoms with Crippen LogP contribution in [-0.4, -0.2) is 148 Å². The summed E-state index contributed by atoms with van der Waals surface area (Å²) in [7, 11) is -9.61. The summed E-state index contributed by atoms with van der Waals surface area (Å²) in [5.74, 6) is 0.965. The van der Waals surface area contributed by atoms with Crippen molar-refractivity contribution in [2.75, 3.05) is 83.3 Å². The third kappa shape index (κ3) is 9.59. The number of amides is 1. The maximum Gasteiger partial charge on any atom is 0.340 e. The van der Waals surface area contributed by atoms with Crippen LogP contribution in [0, 0.1) is 18.3 Å². The van der Waals surface area contributed by atoms with Crippen molar-refractivity contribution in [2.24, 2.45) is 5.92 Å². The third-order valence-electron chi connectivity index (χ3n) is 8.20. The second-order valence-electron chi connectivity index (χ2n) is 11.9. The Morgan fingerprint density at radius 1 is 1.06 bits per heavy atom. The molecular formula is C28H40ClN5O14P2. The van der Waals surface area contributed by atoms with Crippen LogP contribution in [0.4, 0.5) is 5.82 Å². The van der Waals surface area contributed by atoms with Gasteiger partial charge in [0.05, 0.1) is 57.6 Å². The van der Waals surface area contributed by atoms with Gasteiger partial charge in [0.25, 0.3) is 0 Å². The Bertz CT molecular complexity index is 1630. The van der Waals surface area contributed by atoms with Crippen molar-refractivity contribution >= 4 is 49.6 Å². The van der Waals surface area contributed by atoms with Crippen molar-refractivity contribution in [1.82, 2.24) is 19.9 Å². The average molecular weight is 768 g/mol. The van der Waals surface area contributed by atoms with Crippen LogP contribution in [-0.2, 0) is 42.1 Å². The lowest BCUT2D eigenvalue weighted by Crippen LogP contribution is -2.54. The van der Waals surface area contributed by atoms with Gasteiger partial charge < -0.3 is 67.9 Å². The molecule has 6 N–H and O–H groups in total. The average Bonchev–Trinajstić information content (AvgIpc) is 3.40. The van der Waals surface area contributed by atoms with Gasteiger partial charge in [-0.3, -0.25) is 13.9 Å². The minimum Gasteiger partial charge on any atom is -0.387 e. The zero-order chi connectivity index (χ0) is 36.1. The van der Waals surface area contributed by atoms with Gasteiger partial charge in [0.15, 0.2) is 12.1 Å². The molecule has 3 unspecified atom stereocenters. The third-order valence-corrected chi connectivity index (χ3v) is 11.9. The van der Waals surface area contributed by atoms with Crippen molar-refractivity contribution in [3.63, 3.8) is 0 Å². The summed E-state index contributed by atoms with van der Waals surface area (Å²) in [6.07, 6.45) is 1.02. The number of aliphatic hydroxyl groups is 2. The van der Waals surface area contributed by atoms with Gasteiger partial charge in [-0.15, -0.1) is 6.42 Å². The van der Waals surface area contributed by atoms with E-state index in [9.17, 15) is 29.0 Å². The summed E-state index contributed by atoms with van der Waals surface area (Å²) in [5.41, 5.74) is -1.33. The molecule has 2 aliphatic heterocycles. The van der Waals surface area contributed by atoms with Crippen LogP contribution in [0.2, 0.25) is 5.28 Å². The molecule has 4 heterocycles. The van der Waals surface area contributed by atoms with Crippen molar-refractivity contribution in [3.05, 3.63) is 17.5 Å². The van der Waals surface area contributed by atoms with Crippen LogP contribution in [0.1, 0.15) is 12.6 Å². The molecular weight excluding hydrogens is 728 g/mol. The summed E-state index contributed by atoms with van der Waals surface area (Å²) < 4.78 is 57.2. The largest absolute Gasteiger partial charge is 0.387 e. The lowest BCUT2D eigenvalue weighted by molar-refractivity contribution is -0.126. The van der Waals surface area contributed by atoms with Crippen LogP contribution in [0.3, 0.4) is 0 Å². The minimum atomic E-state index is -4.87. The summed E-state index contributed by atoms with van der Waals surface area (Å²) in [4.78, 5) is 51.2. The first-order valence-electron chi connectivity index (χ1n) is 15.6. The highest BCUT2D eigenvalue weighted by Gasteiger charge is 2.71. The number of carbonyl (C=O) groups is 1. The minimum absolute atomic E-state index is 0.104. The Kier molecular flexibility index (Phi) is 13.0. The number of rotatable bonds is 20. The van der Waals surface area contributed by atoms with E-state index in [1.807, 2.05) is 4.90 Å². The normalized spacial score (nSPS) is 26.2. The Morgan fingerprint density at radius 2 is 1.70 bits per heavy atom. The SMILES string of the molecule is C#CCOCCOCCOCCOCCNC(=O)C1CN(c2nc(Cl)nc3c2ccn3[C@@H]2OC3(CC3OP(=O)(O)CP(=O)(O)O)[C@@H](O)[C@H]2O)C1. The number of fused-ring (bicyclic) bond motifs is 1. The van der Waals surface area contributed by atoms with Gasteiger partial charge >= 0.3 is 15.2 Å². The molecule has 1 amide bonds. The molecule has 1 aliphatic carbocycles. The molecule has 0 bridgehead atoms. The second-order valence-corrected chi connectivity index (χ2v) is 16.2. The predicted molar refractivity (Wildman–Crippen MR) is 174 cm³/mol. The number of ether oxygens (including phenoxy) is 5. The molecule has 19 nitrogen and oxygen atoms in total. The van der Waals surface area contributed by atoms with Gasteiger partial charge in [-0.2, -0.15) is 9.97 Å². The van der Waals surface area contributed by atoms with Crippen molar-refractivity contribution in [3.8, 4) is 12.3 Å². The van der Waals surface area contributed by atoms with Crippen molar-refractivity contribution in [1.29, 1.82) is 0 Å². The molecule has 50 heavy (non-hydrogen) atoms. The van der Waals surface area contributed by atoms with E-state index in [1.165, 1.54) is 4.57 Å². The van der Waals surface area contributed by atoms with E-state index in [2.05, 4.69) is 21.2 Å². The summed E-state index contributed by atoms with van der Waals surface area (Å²) in [5, 5.41) is 25.0. The van der Waals surface area contributed by atoms with Crippen LogP contribution in [0.25, 0.3) is 11.0 Å². The van der Waals surface area contributed by atoms with E-state index in [0.717, 1.165) is 0 Å². The number of nitrogens with one attached hydrogen (secondary N) is 1. The zero-order valence-corrected chi connectivity index (χ0v) is 29.3. The zero-order valence-electron chi connectivity index (χ0n) is 26.8. The first-order valence-corrected chi connectivity index (χ1v) is 19.6. The fourth-order valence-electron chi connectivity index (χ4n) is 5.72. The highest BCUT2D eigenvalue weighted by molar-refractivity contribution is 7.70. The first kappa shape index (κ1) is 39.0. The Hall–Kier alpha value is -2.24. The molecule has 5 rings (SSSR count). The van der Waals surface area contributed by atoms with E-state index in [-0.39, 0.29) is 35.8 Å². The lowest BCUT2D eigenvalue weighted by atomic mass is 9.99. The van der Waals surface area contributed by atoms with Gasteiger partial charge in [0.1, 0.15) is 42.0 Å². The fraction of sp³-hybridized carbons (Fsp3) is 0.679. The van der Waals surface area contributed by atoms with Crippen molar-refractivity contribution in [2.45, 2.75) is 36.6 Å². The summed E-state index contributed by atoms with van der Waals surface area (Å²) in [6.45, 7) is 4.06. The summed E-state index contributed by atoms with van der Waals surface area (Å²) >= 11 is 6.26. The van der Waals surface area contributed by atoms with Crippen LogP contribution in [0.5, 0.6) is 0 Å². The van der Waals surface area contributed by atoms with Gasteiger partial charge in [-0.25, -0.2) is 0 Å². The fourth-order valence-corrected chi connectivity index (χ4v) is 8.66. The number of halogens is 1. The molecule has 2 aromatic rings. The molecule has 2 aromatic heterocycles. The molecule has 0 aromatic carbocycles. The smallest absolute Gasteiger partial charge is 0.340 e. The highest BCUT2D eigenvalue weighted by Crippen LogP contribution is 2.63. The van der Waals surface area contributed by atoms with E-state index < -0.39 is 51.2 Å². The van der Waals surface area contributed by atoms with E-state index >= 15 is 0 Å². The van der Waals surface area contributed by atoms with Gasteiger partial charge in [0.2, 0.25) is 11.2 Å². The van der Waals surface area contributed by atoms with Gasteiger partial charge in [0, 0.05) is 32.3 Å². The molecule has 2 saturated heterocycles.